The Hall–Kier alpha value is -1.06. The molecule has 1 aromatic carbocycles. The molecule has 0 spiro atoms. The van der Waals surface area contributed by atoms with Crippen molar-refractivity contribution < 1.29 is 9.47 Å². The van der Waals surface area contributed by atoms with Crippen LogP contribution in [-0.4, -0.2) is 32.9 Å². The van der Waals surface area contributed by atoms with Crippen LogP contribution < -0.4 is 10.1 Å². The largest absolute Gasteiger partial charge is 0.494 e. The quantitative estimate of drug-likeness (QED) is 0.902. The van der Waals surface area contributed by atoms with Gasteiger partial charge in [0.25, 0.3) is 0 Å². The Morgan fingerprint density at radius 1 is 1.42 bits per heavy atom. The first-order valence-corrected chi connectivity index (χ1v) is 7.37. The van der Waals surface area contributed by atoms with Gasteiger partial charge in [-0.15, -0.1) is 0 Å². The maximum Gasteiger partial charge on any atom is 0.119 e. The standard InChI is InChI=1S/C16H23NO2/c1-2-19-15-7-3-5-13(9-15)16(11-18-12-16)14-6-4-8-17-10-14/h3,5,7,9,14,17H,2,4,6,8,10-12H2,1H3. The van der Waals surface area contributed by atoms with Crippen LogP contribution in [-0.2, 0) is 10.2 Å². The van der Waals surface area contributed by atoms with Gasteiger partial charge in [-0.25, -0.2) is 0 Å². The van der Waals surface area contributed by atoms with Crippen LogP contribution in [0.3, 0.4) is 0 Å². The molecule has 2 aliphatic rings. The SMILES string of the molecule is CCOc1cccc(C2(C3CCCNC3)COC2)c1. The summed E-state index contributed by atoms with van der Waals surface area (Å²) in [7, 11) is 0. The fourth-order valence-corrected chi connectivity index (χ4v) is 3.35. The highest BCUT2D eigenvalue weighted by molar-refractivity contribution is 5.36. The van der Waals surface area contributed by atoms with E-state index < -0.39 is 0 Å². The Balaban J connectivity index is 1.86. The van der Waals surface area contributed by atoms with E-state index in [0.29, 0.717) is 5.92 Å². The number of rotatable bonds is 4. The van der Waals surface area contributed by atoms with E-state index in [4.69, 9.17) is 9.47 Å². The van der Waals surface area contributed by atoms with Gasteiger partial charge in [0.15, 0.2) is 0 Å². The topological polar surface area (TPSA) is 30.5 Å². The van der Waals surface area contributed by atoms with Gasteiger partial charge in [-0.1, -0.05) is 12.1 Å². The summed E-state index contributed by atoms with van der Waals surface area (Å²) in [5, 5.41) is 3.53. The molecule has 2 saturated heterocycles. The minimum atomic E-state index is 0.209. The lowest BCUT2D eigenvalue weighted by atomic mass is 9.66. The summed E-state index contributed by atoms with van der Waals surface area (Å²) in [6.45, 7) is 6.73. The average molecular weight is 261 g/mol. The van der Waals surface area contributed by atoms with Crippen LogP contribution in [0.25, 0.3) is 0 Å². The summed E-state index contributed by atoms with van der Waals surface area (Å²) < 4.78 is 11.2. The third kappa shape index (κ3) is 2.37. The van der Waals surface area contributed by atoms with E-state index in [-0.39, 0.29) is 5.41 Å². The van der Waals surface area contributed by atoms with Gasteiger partial charge in [-0.3, -0.25) is 0 Å². The van der Waals surface area contributed by atoms with Crippen LogP contribution in [0, 0.1) is 5.92 Å². The minimum Gasteiger partial charge on any atom is -0.494 e. The van der Waals surface area contributed by atoms with E-state index in [1.54, 1.807) is 0 Å². The van der Waals surface area contributed by atoms with E-state index in [1.807, 2.05) is 13.0 Å². The molecule has 0 bridgehead atoms. The first kappa shape index (κ1) is 12.9. The molecular formula is C16H23NO2. The molecule has 2 fully saturated rings. The van der Waals surface area contributed by atoms with Crippen LogP contribution in [0.5, 0.6) is 5.75 Å². The number of hydrogen-bond donors (Lipinski definition) is 1. The molecule has 0 saturated carbocycles. The Morgan fingerprint density at radius 3 is 2.95 bits per heavy atom. The third-order valence-corrected chi connectivity index (χ3v) is 4.52. The predicted molar refractivity (Wildman–Crippen MR) is 75.7 cm³/mol. The highest BCUT2D eigenvalue weighted by Gasteiger charge is 2.47. The van der Waals surface area contributed by atoms with Gasteiger partial charge in [-0.2, -0.15) is 0 Å². The van der Waals surface area contributed by atoms with Crippen LogP contribution in [0.15, 0.2) is 24.3 Å². The molecular weight excluding hydrogens is 238 g/mol. The summed E-state index contributed by atoms with van der Waals surface area (Å²) in [6.07, 6.45) is 2.58. The van der Waals surface area contributed by atoms with Crippen molar-refractivity contribution in [2.24, 2.45) is 5.92 Å². The highest BCUT2D eigenvalue weighted by atomic mass is 16.5. The zero-order valence-electron chi connectivity index (χ0n) is 11.7. The number of benzene rings is 1. The normalized spacial score (nSPS) is 25.6. The van der Waals surface area contributed by atoms with Gasteiger partial charge >= 0.3 is 0 Å². The fourth-order valence-electron chi connectivity index (χ4n) is 3.35. The molecule has 0 radical (unpaired) electrons. The summed E-state index contributed by atoms with van der Waals surface area (Å²) in [5.41, 5.74) is 1.60. The molecule has 1 aromatic rings. The molecule has 0 aliphatic carbocycles. The number of piperidine rings is 1. The maximum atomic E-state index is 5.64. The molecule has 1 unspecified atom stereocenters. The first-order valence-electron chi connectivity index (χ1n) is 7.37. The van der Waals surface area contributed by atoms with Crippen molar-refractivity contribution in [2.75, 3.05) is 32.9 Å². The number of ether oxygens (including phenoxy) is 2. The molecule has 2 aliphatic heterocycles. The highest BCUT2D eigenvalue weighted by Crippen LogP contribution is 2.43. The van der Waals surface area contributed by atoms with Crippen molar-refractivity contribution in [3.05, 3.63) is 29.8 Å². The minimum absolute atomic E-state index is 0.209. The van der Waals surface area contributed by atoms with Gasteiger partial charge in [-0.05, 0) is 56.5 Å². The summed E-state index contributed by atoms with van der Waals surface area (Å²) in [4.78, 5) is 0. The molecule has 1 atom stereocenters. The smallest absolute Gasteiger partial charge is 0.119 e. The lowest BCUT2D eigenvalue weighted by Gasteiger charge is -2.49. The maximum absolute atomic E-state index is 5.64. The van der Waals surface area contributed by atoms with Crippen molar-refractivity contribution in [2.45, 2.75) is 25.2 Å². The zero-order chi connectivity index (χ0) is 13.1. The Labute approximate surface area is 115 Å². The summed E-state index contributed by atoms with van der Waals surface area (Å²) in [6, 6.07) is 8.59. The molecule has 3 rings (SSSR count). The lowest BCUT2D eigenvalue weighted by Crippen LogP contribution is -2.56. The zero-order valence-corrected chi connectivity index (χ0v) is 11.7. The summed E-state index contributed by atoms with van der Waals surface area (Å²) in [5.74, 6) is 1.67. The van der Waals surface area contributed by atoms with Gasteiger partial charge in [0.1, 0.15) is 5.75 Å². The van der Waals surface area contributed by atoms with Crippen molar-refractivity contribution in [3.8, 4) is 5.75 Å². The Morgan fingerprint density at radius 2 is 2.32 bits per heavy atom. The van der Waals surface area contributed by atoms with E-state index in [0.717, 1.165) is 38.7 Å². The van der Waals surface area contributed by atoms with Crippen LogP contribution in [0.1, 0.15) is 25.3 Å². The van der Waals surface area contributed by atoms with Crippen LogP contribution in [0.2, 0.25) is 0 Å². The van der Waals surface area contributed by atoms with Crippen molar-refractivity contribution in [1.82, 2.24) is 5.32 Å². The van der Waals surface area contributed by atoms with E-state index in [9.17, 15) is 0 Å². The Kier molecular flexibility index (Phi) is 3.76. The van der Waals surface area contributed by atoms with Crippen molar-refractivity contribution in [3.63, 3.8) is 0 Å². The van der Waals surface area contributed by atoms with Crippen LogP contribution in [0.4, 0.5) is 0 Å². The van der Waals surface area contributed by atoms with Crippen LogP contribution >= 0.6 is 0 Å². The average Bonchev–Trinajstić information content (AvgIpc) is 2.40. The molecule has 3 nitrogen and oxygen atoms in total. The number of nitrogens with one attached hydrogen (secondary N) is 1. The van der Waals surface area contributed by atoms with Gasteiger partial charge in [0.05, 0.1) is 19.8 Å². The second-order valence-corrected chi connectivity index (χ2v) is 5.65. The first-order chi connectivity index (χ1) is 9.35. The molecule has 0 aromatic heterocycles. The molecule has 19 heavy (non-hydrogen) atoms. The van der Waals surface area contributed by atoms with Crippen molar-refractivity contribution >= 4 is 0 Å². The molecule has 2 heterocycles. The van der Waals surface area contributed by atoms with E-state index in [2.05, 4.69) is 23.5 Å². The molecule has 3 heteroatoms. The predicted octanol–water partition coefficient (Wildman–Crippen LogP) is 2.35. The van der Waals surface area contributed by atoms with Crippen molar-refractivity contribution in [1.29, 1.82) is 0 Å². The number of hydrogen-bond acceptors (Lipinski definition) is 3. The Bertz CT molecular complexity index is 423. The lowest BCUT2D eigenvalue weighted by molar-refractivity contribution is -0.0948. The van der Waals surface area contributed by atoms with Gasteiger partial charge in [0.2, 0.25) is 0 Å². The van der Waals surface area contributed by atoms with E-state index in [1.165, 1.54) is 18.4 Å². The fraction of sp³-hybridized carbons (Fsp3) is 0.625. The molecule has 104 valence electrons. The van der Waals surface area contributed by atoms with Gasteiger partial charge in [0, 0.05) is 5.41 Å². The molecule has 0 amide bonds. The second kappa shape index (κ2) is 5.51. The summed E-state index contributed by atoms with van der Waals surface area (Å²) >= 11 is 0. The molecule has 1 N–H and O–H groups in total. The monoisotopic (exact) mass is 261 g/mol. The third-order valence-electron chi connectivity index (χ3n) is 4.52. The van der Waals surface area contributed by atoms with E-state index >= 15 is 0 Å². The van der Waals surface area contributed by atoms with Gasteiger partial charge < -0.3 is 14.8 Å². The second-order valence-electron chi connectivity index (χ2n) is 5.65.